The number of aromatic nitrogens is 2. The van der Waals surface area contributed by atoms with Crippen molar-refractivity contribution in [3.8, 4) is 17.3 Å². The van der Waals surface area contributed by atoms with Crippen LogP contribution in [0.1, 0.15) is 54.9 Å². The number of fused-ring (bicyclic) bond motifs is 1. The van der Waals surface area contributed by atoms with Gasteiger partial charge in [0.1, 0.15) is 11.9 Å². The summed E-state index contributed by atoms with van der Waals surface area (Å²) in [6.45, 7) is 2.02. The molecule has 7 nitrogen and oxygen atoms in total. The third-order valence-electron chi connectivity index (χ3n) is 5.51. The molecule has 8 heteroatoms. The maximum absolute atomic E-state index is 14.5. The molecule has 0 radical (unpaired) electrons. The summed E-state index contributed by atoms with van der Waals surface area (Å²) in [5, 5.41) is 13.1. The Kier molecular flexibility index (Phi) is 7.68. The maximum Gasteiger partial charge on any atom is 0.217 e. The lowest BCUT2D eigenvalue weighted by atomic mass is 10.0. The number of carbonyl (C=O) groups is 2. The molecule has 166 valence electrons. The number of ketones is 1. The fourth-order valence-corrected chi connectivity index (χ4v) is 3.62. The Labute approximate surface area is 185 Å². The Hall–Kier alpha value is -3.57. The lowest BCUT2D eigenvalue weighted by molar-refractivity contribution is -0.117. The second-order valence-electron chi connectivity index (χ2n) is 7.73. The zero-order valence-corrected chi connectivity index (χ0v) is 18.0. The number of halogens is 1. The van der Waals surface area contributed by atoms with Gasteiger partial charge < -0.3 is 16.0 Å². The van der Waals surface area contributed by atoms with Crippen LogP contribution < -0.4 is 11.1 Å². The van der Waals surface area contributed by atoms with E-state index in [-0.39, 0.29) is 11.7 Å². The highest BCUT2D eigenvalue weighted by atomic mass is 19.1. The summed E-state index contributed by atoms with van der Waals surface area (Å²) in [5.41, 5.74) is 6.92. The normalized spacial score (nSPS) is 13.4. The molecule has 2 aromatic heterocycles. The molecule has 1 aromatic carbocycles. The molecule has 1 fully saturated rings. The molecule has 32 heavy (non-hydrogen) atoms. The van der Waals surface area contributed by atoms with Gasteiger partial charge in [0.2, 0.25) is 5.91 Å². The highest BCUT2D eigenvalue weighted by molar-refractivity contribution is 5.97. The van der Waals surface area contributed by atoms with Gasteiger partial charge in [0.05, 0.1) is 17.8 Å². The van der Waals surface area contributed by atoms with E-state index in [1.807, 2.05) is 0 Å². The topological polar surface area (TPSA) is 125 Å². The average molecular weight is 436 g/mol. The van der Waals surface area contributed by atoms with Crippen LogP contribution >= 0.6 is 0 Å². The predicted molar refractivity (Wildman–Crippen MR) is 120 cm³/mol. The molecule has 2 heterocycles. The second-order valence-corrected chi connectivity index (χ2v) is 7.73. The molecule has 0 bridgehead atoms. The monoisotopic (exact) mass is 435 g/mol. The second kappa shape index (κ2) is 10.6. The van der Waals surface area contributed by atoms with E-state index >= 15 is 0 Å². The van der Waals surface area contributed by atoms with Gasteiger partial charge in [-0.05, 0) is 37.1 Å². The number of nitrogens with one attached hydrogen (secondary N) is 2. The van der Waals surface area contributed by atoms with Crippen molar-refractivity contribution in [1.82, 2.24) is 15.3 Å². The molecule has 1 aliphatic rings. The molecule has 0 atom stereocenters. The number of hydrogen-bond acceptors (Lipinski definition) is 5. The van der Waals surface area contributed by atoms with Crippen LogP contribution in [-0.4, -0.2) is 34.2 Å². The minimum absolute atomic E-state index is 0.0192. The molecule has 0 saturated heterocycles. The van der Waals surface area contributed by atoms with Gasteiger partial charge in [0, 0.05) is 46.9 Å². The van der Waals surface area contributed by atoms with Gasteiger partial charge in [-0.15, -0.1) is 0 Å². The lowest BCUT2D eigenvalue weighted by Gasteiger charge is -2.11. The molecule has 4 rings (SSSR count). The number of aromatic amines is 1. The summed E-state index contributed by atoms with van der Waals surface area (Å²) in [6, 6.07) is 8.81. The number of Topliss-reactive ketones (excluding diaryl/α,β-unsaturated/α-hetero) is 1. The number of amides is 1. The number of pyridine rings is 1. The number of hydrogen-bond donors (Lipinski definition) is 3. The Morgan fingerprint density at radius 3 is 2.62 bits per heavy atom. The lowest BCUT2D eigenvalue weighted by Crippen LogP contribution is -2.31. The minimum atomic E-state index is -0.427. The minimum Gasteiger partial charge on any atom is -0.370 e. The summed E-state index contributed by atoms with van der Waals surface area (Å²) < 4.78 is 14.5. The van der Waals surface area contributed by atoms with Crippen LogP contribution in [0, 0.1) is 17.1 Å². The molecule has 1 saturated carbocycles. The molecule has 0 spiro atoms. The summed E-state index contributed by atoms with van der Waals surface area (Å²) in [5.74, 6) is -0.692. The average Bonchev–Trinajstić information content (AvgIpc) is 3.46. The summed E-state index contributed by atoms with van der Waals surface area (Å²) in [7, 11) is 0. The highest BCUT2D eigenvalue weighted by Gasteiger charge is 2.17. The number of rotatable bonds is 6. The number of H-pyrrole nitrogens is 1. The van der Waals surface area contributed by atoms with Gasteiger partial charge >= 0.3 is 0 Å². The van der Waals surface area contributed by atoms with E-state index in [0.717, 1.165) is 12.8 Å². The number of carbonyl (C=O) groups excluding carboxylic acids is 2. The molecule has 0 unspecified atom stereocenters. The number of nitriles is 1. The van der Waals surface area contributed by atoms with Crippen molar-refractivity contribution in [2.24, 2.45) is 5.73 Å². The smallest absolute Gasteiger partial charge is 0.217 e. The van der Waals surface area contributed by atoms with E-state index in [9.17, 15) is 14.0 Å². The van der Waals surface area contributed by atoms with Gasteiger partial charge in [0.15, 0.2) is 5.78 Å². The van der Waals surface area contributed by atoms with Crippen LogP contribution in [0.3, 0.4) is 0 Å². The van der Waals surface area contributed by atoms with E-state index in [0.29, 0.717) is 52.3 Å². The van der Waals surface area contributed by atoms with Crippen LogP contribution in [0.25, 0.3) is 22.2 Å². The standard InChI is InChI=1S/C21H19FN4O.C3H7NO/c22-18-8-20-16(14(9-23)11-26-20)7-17(18)19-6-5-13(10-25-19)21(27)12-24-15-3-1-2-4-15;1-2-3(4)5/h5-8,10-11,15,24,26H,1-4,12H2;2H2,1H3,(H2,4,5). The van der Waals surface area contributed by atoms with E-state index < -0.39 is 5.82 Å². The number of primary amides is 1. The van der Waals surface area contributed by atoms with Crippen molar-refractivity contribution in [3.63, 3.8) is 0 Å². The van der Waals surface area contributed by atoms with Crippen LogP contribution in [0.15, 0.2) is 36.7 Å². The largest absolute Gasteiger partial charge is 0.370 e. The number of nitrogens with zero attached hydrogens (tertiary/aromatic N) is 2. The van der Waals surface area contributed by atoms with Crippen LogP contribution in [-0.2, 0) is 4.79 Å². The van der Waals surface area contributed by atoms with Crippen molar-refractivity contribution in [2.75, 3.05) is 6.54 Å². The van der Waals surface area contributed by atoms with Crippen LogP contribution in [0.5, 0.6) is 0 Å². The van der Waals surface area contributed by atoms with Gasteiger partial charge in [-0.25, -0.2) is 4.39 Å². The maximum atomic E-state index is 14.5. The van der Waals surface area contributed by atoms with Gasteiger partial charge in [-0.1, -0.05) is 19.8 Å². The quantitative estimate of drug-likeness (QED) is 0.508. The summed E-state index contributed by atoms with van der Waals surface area (Å²) in [4.78, 5) is 29.1. The third kappa shape index (κ3) is 5.56. The van der Waals surface area contributed by atoms with Crippen LogP contribution in [0.4, 0.5) is 4.39 Å². The zero-order chi connectivity index (χ0) is 23.1. The van der Waals surface area contributed by atoms with E-state index in [2.05, 4.69) is 27.1 Å². The fourth-order valence-electron chi connectivity index (χ4n) is 3.62. The Bertz CT molecular complexity index is 1140. The molecular formula is C24H26FN5O2. The fraction of sp³-hybridized carbons (Fsp3) is 0.333. The number of nitrogens with two attached hydrogens (primary N) is 1. The van der Waals surface area contributed by atoms with Gasteiger partial charge in [-0.2, -0.15) is 5.26 Å². The first-order chi connectivity index (χ1) is 15.4. The van der Waals surface area contributed by atoms with Crippen molar-refractivity contribution < 1.29 is 14.0 Å². The van der Waals surface area contributed by atoms with E-state index in [1.165, 1.54) is 25.1 Å². The van der Waals surface area contributed by atoms with E-state index in [1.54, 1.807) is 31.3 Å². The molecule has 3 aromatic rings. The Morgan fingerprint density at radius 1 is 1.31 bits per heavy atom. The third-order valence-corrected chi connectivity index (χ3v) is 5.51. The molecule has 4 N–H and O–H groups in total. The Balaban J connectivity index is 0.000000523. The molecule has 1 aliphatic carbocycles. The van der Waals surface area contributed by atoms with Gasteiger partial charge in [-0.3, -0.25) is 14.6 Å². The van der Waals surface area contributed by atoms with Crippen molar-refractivity contribution in [3.05, 3.63) is 53.6 Å². The predicted octanol–water partition coefficient (Wildman–Crippen LogP) is 3.84. The highest BCUT2D eigenvalue weighted by Crippen LogP contribution is 2.28. The first kappa shape index (κ1) is 23.1. The van der Waals surface area contributed by atoms with Gasteiger partial charge in [0.25, 0.3) is 0 Å². The number of benzene rings is 1. The van der Waals surface area contributed by atoms with Crippen molar-refractivity contribution in [1.29, 1.82) is 5.26 Å². The SMILES string of the molecule is CCC(N)=O.N#Cc1c[nH]c2cc(F)c(-c3ccc(C(=O)CNC4CCCC4)cn3)cc12. The first-order valence-corrected chi connectivity index (χ1v) is 10.6. The summed E-state index contributed by atoms with van der Waals surface area (Å²) in [6.07, 6.45) is 8.16. The zero-order valence-electron chi connectivity index (χ0n) is 18.0. The molecule has 0 aliphatic heterocycles. The molecular weight excluding hydrogens is 409 g/mol. The van der Waals surface area contributed by atoms with Crippen molar-refractivity contribution >= 4 is 22.6 Å². The Morgan fingerprint density at radius 2 is 2.03 bits per heavy atom. The van der Waals surface area contributed by atoms with Crippen LogP contribution in [0.2, 0.25) is 0 Å². The van der Waals surface area contributed by atoms with E-state index in [4.69, 9.17) is 5.26 Å². The first-order valence-electron chi connectivity index (χ1n) is 10.6. The van der Waals surface area contributed by atoms with Crippen molar-refractivity contribution in [2.45, 2.75) is 45.1 Å². The molecule has 1 amide bonds. The summed E-state index contributed by atoms with van der Waals surface area (Å²) >= 11 is 0.